The van der Waals surface area contributed by atoms with Gasteiger partial charge >= 0.3 is 0 Å². The van der Waals surface area contributed by atoms with E-state index in [1.807, 2.05) is 6.92 Å². The molecule has 0 rings (SSSR count). The maximum absolute atomic E-state index is 5.64. The number of nitrogens with two attached hydrogens (primary N) is 1. The maximum atomic E-state index is 5.64. The van der Waals surface area contributed by atoms with Crippen LogP contribution < -0.4 is 5.73 Å². The maximum Gasteiger partial charge on any atom is 0.0823 e. The van der Waals surface area contributed by atoms with Crippen molar-refractivity contribution >= 4 is 0 Å². The molecule has 1 atom stereocenters. The predicted octanol–water partition coefficient (Wildman–Crippen LogP) is 1.33. The lowest BCUT2D eigenvalue weighted by Gasteiger charge is -2.26. The molecule has 1 unspecified atom stereocenters. The van der Waals surface area contributed by atoms with Crippen molar-refractivity contribution in [1.82, 2.24) is 4.90 Å². The van der Waals surface area contributed by atoms with Gasteiger partial charge in [0.1, 0.15) is 0 Å². The third-order valence-electron chi connectivity index (χ3n) is 2.20. The normalized spacial score (nSPS) is 13.9. The van der Waals surface area contributed by atoms with Crippen molar-refractivity contribution in [3.8, 4) is 0 Å². The van der Waals surface area contributed by atoms with Crippen LogP contribution in [0.25, 0.3) is 0 Å². The highest BCUT2D eigenvalue weighted by atomic mass is 16.5. The Bertz CT molecular complexity index is 128. The zero-order valence-corrected chi connectivity index (χ0v) is 10.1. The fourth-order valence-corrected chi connectivity index (χ4v) is 1.57. The van der Waals surface area contributed by atoms with E-state index in [0.717, 1.165) is 26.2 Å². The molecular weight excluding hydrogens is 176 g/mol. The third-order valence-corrected chi connectivity index (χ3v) is 2.20. The van der Waals surface area contributed by atoms with Gasteiger partial charge in [0.25, 0.3) is 0 Å². The minimum Gasteiger partial charge on any atom is -0.376 e. The molecule has 0 spiro atoms. The van der Waals surface area contributed by atoms with E-state index in [1.54, 1.807) is 0 Å². The molecule has 0 bridgehead atoms. The molecule has 14 heavy (non-hydrogen) atoms. The van der Waals surface area contributed by atoms with Crippen LogP contribution in [0, 0.1) is 5.92 Å². The quantitative estimate of drug-likeness (QED) is 0.645. The summed E-state index contributed by atoms with van der Waals surface area (Å²) in [6.45, 7) is 13.2. The lowest BCUT2D eigenvalue weighted by molar-refractivity contribution is 0.0378. The number of likely N-dealkylation sites (N-methyl/N-ethyl adjacent to an activating group) is 1. The molecule has 0 radical (unpaired) electrons. The Labute approximate surface area is 88.6 Å². The molecule has 0 aromatic rings. The minimum absolute atomic E-state index is 0.193. The second-order valence-electron chi connectivity index (χ2n) is 4.06. The van der Waals surface area contributed by atoms with Gasteiger partial charge in [0.05, 0.1) is 6.10 Å². The van der Waals surface area contributed by atoms with Crippen molar-refractivity contribution < 1.29 is 4.74 Å². The molecule has 0 saturated carbocycles. The lowest BCUT2D eigenvalue weighted by atomic mass is 10.2. The monoisotopic (exact) mass is 202 g/mol. The summed E-state index contributed by atoms with van der Waals surface area (Å²) in [5, 5.41) is 0. The van der Waals surface area contributed by atoms with Crippen LogP contribution in [0.1, 0.15) is 27.7 Å². The Hall–Kier alpha value is -0.120. The van der Waals surface area contributed by atoms with E-state index < -0.39 is 0 Å². The summed E-state index contributed by atoms with van der Waals surface area (Å²) < 4.78 is 5.54. The first-order valence-electron chi connectivity index (χ1n) is 5.67. The summed E-state index contributed by atoms with van der Waals surface area (Å²) in [6, 6.07) is 0. The van der Waals surface area contributed by atoms with Gasteiger partial charge < -0.3 is 15.4 Å². The highest BCUT2D eigenvalue weighted by Crippen LogP contribution is 2.01. The van der Waals surface area contributed by atoms with Crippen LogP contribution in [0.2, 0.25) is 0 Å². The van der Waals surface area contributed by atoms with Gasteiger partial charge in [-0.15, -0.1) is 0 Å². The number of nitrogens with zero attached hydrogens (tertiary/aromatic N) is 1. The molecule has 3 heteroatoms. The third kappa shape index (κ3) is 6.35. The Morgan fingerprint density at radius 1 is 1.21 bits per heavy atom. The highest BCUT2D eigenvalue weighted by Gasteiger charge is 2.12. The largest absolute Gasteiger partial charge is 0.376 e. The molecule has 0 aliphatic carbocycles. The second-order valence-corrected chi connectivity index (χ2v) is 4.06. The van der Waals surface area contributed by atoms with Gasteiger partial charge in [0, 0.05) is 26.2 Å². The van der Waals surface area contributed by atoms with E-state index in [0.29, 0.717) is 12.5 Å². The van der Waals surface area contributed by atoms with Gasteiger partial charge in [-0.05, 0) is 19.4 Å². The van der Waals surface area contributed by atoms with Crippen LogP contribution >= 0.6 is 0 Å². The number of rotatable bonds is 8. The summed E-state index contributed by atoms with van der Waals surface area (Å²) in [5.41, 5.74) is 5.64. The van der Waals surface area contributed by atoms with Gasteiger partial charge in [-0.3, -0.25) is 0 Å². The molecule has 0 saturated heterocycles. The van der Waals surface area contributed by atoms with Crippen molar-refractivity contribution in [2.24, 2.45) is 11.7 Å². The molecule has 3 nitrogen and oxygen atoms in total. The first-order valence-corrected chi connectivity index (χ1v) is 5.67. The molecule has 0 amide bonds. The topological polar surface area (TPSA) is 38.5 Å². The van der Waals surface area contributed by atoms with E-state index in [4.69, 9.17) is 10.5 Å². The van der Waals surface area contributed by atoms with Crippen LogP contribution in [0.15, 0.2) is 0 Å². The summed E-state index contributed by atoms with van der Waals surface area (Å²) in [5.74, 6) is 0.704. The van der Waals surface area contributed by atoms with E-state index in [9.17, 15) is 0 Å². The zero-order valence-electron chi connectivity index (χ0n) is 10.1. The molecule has 86 valence electrons. The Morgan fingerprint density at radius 3 is 2.21 bits per heavy atom. The standard InChI is InChI=1S/C11H26N2O/c1-5-13(8-10(3)4)9-11(7-12)14-6-2/h10-11H,5-9,12H2,1-4H3. The van der Waals surface area contributed by atoms with Crippen LogP contribution in [-0.4, -0.2) is 43.8 Å². The van der Waals surface area contributed by atoms with E-state index in [1.165, 1.54) is 0 Å². The average Bonchev–Trinajstić information content (AvgIpc) is 2.15. The van der Waals surface area contributed by atoms with Gasteiger partial charge in [-0.25, -0.2) is 0 Å². The van der Waals surface area contributed by atoms with Crippen LogP contribution in [-0.2, 0) is 4.74 Å². The molecule has 0 aliphatic rings. The Kier molecular flexibility index (Phi) is 8.14. The molecule has 0 aromatic carbocycles. The van der Waals surface area contributed by atoms with Crippen molar-refractivity contribution in [1.29, 1.82) is 0 Å². The Morgan fingerprint density at radius 2 is 1.86 bits per heavy atom. The molecule has 0 fully saturated rings. The predicted molar refractivity (Wildman–Crippen MR) is 61.4 cm³/mol. The number of ether oxygens (including phenoxy) is 1. The van der Waals surface area contributed by atoms with Gasteiger partial charge in [-0.2, -0.15) is 0 Å². The molecular formula is C11H26N2O. The first-order chi connectivity index (χ1) is 6.63. The molecule has 0 aromatic heterocycles. The van der Waals surface area contributed by atoms with E-state index in [2.05, 4.69) is 25.7 Å². The van der Waals surface area contributed by atoms with Gasteiger partial charge in [-0.1, -0.05) is 20.8 Å². The van der Waals surface area contributed by atoms with E-state index in [-0.39, 0.29) is 6.10 Å². The smallest absolute Gasteiger partial charge is 0.0823 e. The summed E-state index contributed by atoms with van der Waals surface area (Å²) in [4.78, 5) is 2.40. The highest BCUT2D eigenvalue weighted by molar-refractivity contribution is 4.67. The molecule has 0 aliphatic heterocycles. The zero-order chi connectivity index (χ0) is 11.0. The van der Waals surface area contributed by atoms with Crippen LogP contribution in [0.3, 0.4) is 0 Å². The van der Waals surface area contributed by atoms with Crippen molar-refractivity contribution in [2.45, 2.75) is 33.8 Å². The number of hydrogen-bond acceptors (Lipinski definition) is 3. The van der Waals surface area contributed by atoms with Crippen molar-refractivity contribution in [2.75, 3.05) is 32.8 Å². The summed E-state index contributed by atoms with van der Waals surface area (Å²) >= 11 is 0. The molecule has 0 heterocycles. The minimum atomic E-state index is 0.193. The van der Waals surface area contributed by atoms with Crippen molar-refractivity contribution in [3.63, 3.8) is 0 Å². The first kappa shape index (κ1) is 13.9. The lowest BCUT2D eigenvalue weighted by Crippen LogP contribution is -2.39. The SMILES string of the molecule is CCOC(CN)CN(CC)CC(C)C. The second kappa shape index (κ2) is 8.21. The molecule has 2 N–H and O–H groups in total. The van der Waals surface area contributed by atoms with Crippen LogP contribution in [0.5, 0.6) is 0 Å². The summed E-state index contributed by atoms with van der Waals surface area (Å²) in [6.07, 6.45) is 0.193. The Balaban J connectivity index is 3.87. The van der Waals surface area contributed by atoms with Crippen molar-refractivity contribution in [3.05, 3.63) is 0 Å². The number of hydrogen-bond donors (Lipinski definition) is 1. The van der Waals surface area contributed by atoms with Gasteiger partial charge in [0.2, 0.25) is 0 Å². The average molecular weight is 202 g/mol. The van der Waals surface area contributed by atoms with Crippen LogP contribution in [0.4, 0.5) is 0 Å². The summed E-state index contributed by atoms with van der Waals surface area (Å²) in [7, 11) is 0. The fourth-order valence-electron chi connectivity index (χ4n) is 1.57. The van der Waals surface area contributed by atoms with E-state index >= 15 is 0 Å². The van der Waals surface area contributed by atoms with Gasteiger partial charge in [0.15, 0.2) is 0 Å². The fraction of sp³-hybridized carbons (Fsp3) is 1.00.